The predicted molar refractivity (Wildman–Crippen MR) is 125 cm³/mol. The Hall–Kier alpha value is -3.23. The summed E-state index contributed by atoms with van der Waals surface area (Å²) in [6, 6.07) is 15.0. The highest BCUT2D eigenvalue weighted by atomic mass is 16.5. The van der Waals surface area contributed by atoms with Gasteiger partial charge in [-0.3, -0.25) is 4.90 Å². The topological polar surface area (TPSA) is 84.6 Å². The minimum atomic E-state index is -0.613. The van der Waals surface area contributed by atoms with Gasteiger partial charge in [-0.15, -0.1) is 0 Å². The molecule has 3 aromatic rings. The first-order valence-corrected chi connectivity index (χ1v) is 11.2. The number of furan rings is 1. The lowest BCUT2D eigenvalue weighted by molar-refractivity contribution is 0.0492. The van der Waals surface area contributed by atoms with E-state index in [1.54, 1.807) is 38.3 Å². The molecule has 1 saturated heterocycles. The van der Waals surface area contributed by atoms with E-state index in [1.165, 1.54) is 0 Å². The summed E-state index contributed by atoms with van der Waals surface area (Å²) in [5, 5.41) is 11.2. The number of para-hydroxylation sites is 2. The highest BCUT2D eigenvalue weighted by Crippen LogP contribution is 2.28. The number of β-amino-alcohol motifs (C(OH)–C–C–N with tert-alkyl or cyclic N) is 1. The van der Waals surface area contributed by atoms with Crippen LogP contribution >= 0.6 is 0 Å². The Morgan fingerprint density at radius 2 is 1.91 bits per heavy atom. The summed E-state index contributed by atoms with van der Waals surface area (Å²) in [5.74, 6) is 1.16. The molecule has 1 aliphatic heterocycles. The van der Waals surface area contributed by atoms with Crippen molar-refractivity contribution in [2.24, 2.45) is 0 Å². The van der Waals surface area contributed by atoms with Gasteiger partial charge in [0.25, 0.3) is 0 Å². The molecule has 1 fully saturated rings. The van der Waals surface area contributed by atoms with Crippen LogP contribution in [0.25, 0.3) is 11.0 Å². The molecule has 0 aliphatic carbocycles. The lowest BCUT2D eigenvalue weighted by Crippen LogP contribution is -2.49. The molecule has 8 nitrogen and oxygen atoms in total. The molecule has 2 aromatic carbocycles. The Kier molecular flexibility index (Phi) is 7.36. The molecule has 4 rings (SSSR count). The Morgan fingerprint density at radius 1 is 1.12 bits per heavy atom. The number of nitrogens with zero attached hydrogens (tertiary/aromatic N) is 2. The zero-order valence-electron chi connectivity index (χ0n) is 19.0. The molecule has 0 saturated carbocycles. The van der Waals surface area contributed by atoms with Crippen LogP contribution in [0.15, 0.2) is 52.9 Å². The van der Waals surface area contributed by atoms with E-state index < -0.39 is 12.1 Å². The smallest absolute Gasteiger partial charge is 0.374 e. The number of hydrogen-bond acceptors (Lipinski definition) is 8. The Bertz CT molecular complexity index is 1070. The Morgan fingerprint density at radius 3 is 2.67 bits per heavy atom. The molecule has 8 heteroatoms. The normalized spacial score (nSPS) is 15.4. The molecule has 33 heavy (non-hydrogen) atoms. The molecule has 2 heterocycles. The highest BCUT2D eigenvalue weighted by molar-refractivity contribution is 5.92. The number of aliphatic hydroxyl groups excluding tert-OH is 1. The number of ether oxygens (including phenoxy) is 3. The van der Waals surface area contributed by atoms with Crippen LogP contribution in [-0.4, -0.2) is 75.1 Å². The van der Waals surface area contributed by atoms with E-state index in [0.29, 0.717) is 17.9 Å². The van der Waals surface area contributed by atoms with E-state index in [4.69, 9.17) is 18.6 Å². The summed E-state index contributed by atoms with van der Waals surface area (Å²) in [5.41, 5.74) is 1.68. The molecule has 1 aliphatic rings. The van der Waals surface area contributed by atoms with Crippen LogP contribution in [0.1, 0.15) is 17.5 Å². The zero-order valence-corrected chi connectivity index (χ0v) is 19.0. The first-order chi connectivity index (χ1) is 16.1. The number of fused-ring (bicyclic) bond motifs is 1. The summed E-state index contributed by atoms with van der Waals surface area (Å²) in [6.07, 6.45) is -0.613. The third-order valence-corrected chi connectivity index (χ3v) is 5.67. The number of piperazine rings is 1. The lowest BCUT2D eigenvalue weighted by Gasteiger charge is -2.37. The molecule has 0 radical (unpaired) electrons. The zero-order chi connectivity index (χ0) is 23.2. The van der Waals surface area contributed by atoms with Crippen LogP contribution in [-0.2, 0) is 4.74 Å². The molecule has 1 N–H and O–H groups in total. The number of esters is 1. The number of carbonyl (C=O) groups is 1. The van der Waals surface area contributed by atoms with Gasteiger partial charge < -0.3 is 28.6 Å². The average Bonchev–Trinajstić information content (AvgIpc) is 3.27. The van der Waals surface area contributed by atoms with Crippen molar-refractivity contribution < 1.29 is 28.5 Å². The summed E-state index contributed by atoms with van der Waals surface area (Å²) >= 11 is 0. The molecule has 0 spiro atoms. The fourth-order valence-corrected chi connectivity index (χ4v) is 4.02. The van der Waals surface area contributed by atoms with E-state index in [0.717, 1.165) is 43.0 Å². The first kappa shape index (κ1) is 22.9. The van der Waals surface area contributed by atoms with Crippen molar-refractivity contribution >= 4 is 22.6 Å². The quantitative estimate of drug-likeness (QED) is 0.494. The van der Waals surface area contributed by atoms with Crippen LogP contribution in [0.3, 0.4) is 0 Å². The molecule has 0 bridgehead atoms. The maximum atomic E-state index is 11.8. The van der Waals surface area contributed by atoms with E-state index in [9.17, 15) is 9.90 Å². The number of rotatable bonds is 9. The first-order valence-electron chi connectivity index (χ1n) is 11.2. The fraction of sp³-hybridized carbons (Fsp3) is 0.400. The van der Waals surface area contributed by atoms with Gasteiger partial charge in [0.2, 0.25) is 5.76 Å². The second-order valence-corrected chi connectivity index (χ2v) is 7.96. The second kappa shape index (κ2) is 10.6. The predicted octanol–water partition coefficient (Wildman–Crippen LogP) is 3.18. The van der Waals surface area contributed by atoms with Crippen LogP contribution < -0.4 is 14.4 Å². The van der Waals surface area contributed by atoms with Crippen molar-refractivity contribution in [2.75, 3.05) is 57.9 Å². The van der Waals surface area contributed by atoms with Gasteiger partial charge in [0, 0.05) is 38.1 Å². The number of anilines is 1. The second-order valence-electron chi connectivity index (χ2n) is 7.96. The third-order valence-electron chi connectivity index (χ3n) is 5.67. The van der Waals surface area contributed by atoms with E-state index in [1.807, 2.05) is 18.2 Å². The van der Waals surface area contributed by atoms with Gasteiger partial charge >= 0.3 is 5.97 Å². The van der Waals surface area contributed by atoms with Gasteiger partial charge in [-0.1, -0.05) is 12.1 Å². The van der Waals surface area contributed by atoms with Crippen LogP contribution in [0.2, 0.25) is 0 Å². The molecule has 1 unspecified atom stereocenters. The van der Waals surface area contributed by atoms with Crippen molar-refractivity contribution in [3.63, 3.8) is 0 Å². The van der Waals surface area contributed by atoms with Crippen molar-refractivity contribution in [3.8, 4) is 11.5 Å². The summed E-state index contributed by atoms with van der Waals surface area (Å²) in [4.78, 5) is 16.4. The molecule has 1 aromatic heterocycles. The number of carbonyl (C=O) groups excluding carboxylic acids is 1. The summed E-state index contributed by atoms with van der Waals surface area (Å²) < 4.78 is 21.8. The van der Waals surface area contributed by atoms with Gasteiger partial charge in [0.05, 0.1) is 19.4 Å². The van der Waals surface area contributed by atoms with Crippen molar-refractivity contribution in [1.29, 1.82) is 0 Å². The van der Waals surface area contributed by atoms with Gasteiger partial charge in [-0.25, -0.2) is 4.79 Å². The average molecular weight is 455 g/mol. The van der Waals surface area contributed by atoms with Crippen LogP contribution in [0.4, 0.5) is 5.69 Å². The molecule has 176 valence electrons. The van der Waals surface area contributed by atoms with Gasteiger partial charge in [0.15, 0.2) is 0 Å². The lowest BCUT2D eigenvalue weighted by atomic mass is 10.2. The fourth-order valence-electron chi connectivity index (χ4n) is 4.02. The Balaban J connectivity index is 1.26. The van der Waals surface area contributed by atoms with Crippen molar-refractivity contribution in [2.45, 2.75) is 13.0 Å². The van der Waals surface area contributed by atoms with Crippen molar-refractivity contribution in [1.82, 2.24) is 4.90 Å². The van der Waals surface area contributed by atoms with E-state index in [-0.39, 0.29) is 19.0 Å². The molecule has 1 atom stereocenters. The molecular weight excluding hydrogens is 424 g/mol. The number of aliphatic hydroxyl groups is 1. The standard InChI is InChI=1S/C25H30N2O6/c1-3-31-25(29)24-15-18-14-20(8-9-22(18)33-24)32-17-19(28)16-26-10-12-27(13-11-26)21-6-4-5-7-23(21)30-2/h4-9,14-15,19,28H,3,10-13,16-17H2,1-2H3. The monoisotopic (exact) mass is 454 g/mol. The maximum absolute atomic E-state index is 11.8. The van der Waals surface area contributed by atoms with Gasteiger partial charge in [-0.2, -0.15) is 0 Å². The van der Waals surface area contributed by atoms with E-state index in [2.05, 4.69) is 15.9 Å². The Labute approximate surface area is 193 Å². The maximum Gasteiger partial charge on any atom is 0.374 e. The SMILES string of the molecule is CCOC(=O)c1cc2cc(OCC(O)CN3CCN(c4ccccc4OC)CC3)ccc2o1. The number of benzene rings is 2. The van der Waals surface area contributed by atoms with Gasteiger partial charge in [-0.05, 0) is 43.3 Å². The molecule has 0 amide bonds. The summed E-state index contributed by atoms with van der Waals surface area (Å²) in [6.45, 7) is 6.21. The number of hydrogen-bond donors (Lipinski definition) is 1. The van der Waals surface area contributed by atoms with E-state index >= 15 is 0 Å². The minimum Gasteiger partial charge on any atom is -0.495 e. The van der Waals surface area contributed by atoms with Crippen LogP contribution in [0.5, 0.6) is 11.5 Å². The van der Waals surface area contributed by atoms with Crippen molar-refractivity contribution in [3.05, 3.63) is 54.3 Å². The van der Waals surface area contributed by atoms with Gasteiger partial charge in [0.1, 0.15) is 29.8 Å². The molecular formula is C25H30N2O6. The van der Waals surface area contributed by atoms with Crippen LogP contribution in [0, 0.1) is 0 Å². The largest absolute Gasteiger partial charge is 0.495 e. The third kappa shape index (κ3) is 5.58. The highest BCUT2D eigenvalue weighted by Gasteiger charge is 2.21. The summed E-state index contributed by atoms with van der Waals surface area (Å²) in [7, 11) is 1.69. The number of methoxy groups -OCH3 is 1. The minimum absolute atomic E-state index is 0.163.